The molecular formula is C12H25N3O. The van der Waals surface area contributed by atoms with E-state index in [1.54, 1.807) is 0 Å². The molecular weight excluding hydrogens is 202 g/mol. The highest BCUT2D eigenvalue weighted by atomic mass is 16.5. The van der Waals surface area contributed by atoms with Gasteiger partial charge in [0.05, 0.1) is 12.7 Å². The summed E-state index contributed by atoms with van der Waals surface area (Å²) in [4.78, 5) is 4.91. The van der Waals surface area contributed by atoms with Gasteiger partial charge in [-0.25, -0.2) is 0 Å². The van der Waals surface area contributed by atoms with Gasteiger partial charge in [0.25, 0.3) is 0 Å². The van der Waals surface area contributed by atoms with Crippen LogP contribution in [0.5, 0.6) is 0 Å². The molecule has 4 nitrogen and oxygen atoms in total. The number of hydrogen-bond acceptors (Lipinski definition) is 4. The largest absolute Gasteiger partial charge is 0.374 e. The van der Waals surface area contributed by atoms with E-state index in [1.165, 1.54) is 19.5 Å². The Morgan fingerprint density at radius 2 is 2.25 bits per heavy atom. The maximum Gasteiger partial charge on any atom is 0.0852 e. The van der Waals surface area contributed by atoms with E-state index in [0.717, 1.165) is 25.7 Å². The molecule has 94 valence electrons. The zero-order valence-electron chi connectivity index (χ0n) is 10.8. The molecule has 2 fully saturated rings. The second-order valence-electron chi connectivity index (χ2n) is 5.26. The first-order chi connectivity index (χ1) is 7.68. The summed E-state index contributed by atoms with van der Waals surface area (Å²) in [6.07, 6.45) is 1.66. The highest BCUT2D eigenvalue weighted by molar-refractivity contribution is 4.88. The molecule has 2 heterocycles. The van der Waals surface area contributed by atoms with Crippen molar-refractivity contribution in [1.29, 1.82) is 0 Å². The molecule has 16 heavy (non-hydrogen) atoms. The van der Waals surface area contributed by atoms with Crippen molar-refractivity contribution in [3.63, 3.8) is 0 Å². The summed E-state index contributed by atoms with van der Waals surface area (Å²) in [6.45, 7) is 7.57. The Balaban J connectivity index is 1.83. The fourth-order valence-electron chi connectivity index (χ4n) is 2.69. The van der Waals surface area contributed by atoms with Crippen LogP contribution in [-0.2, 0) is 4.74 Å². The topological polar surface area (TPSA) is 27.7 Å². The Bertz CT molecular complexity index is 216. The lowest BCUT2D eigenvalue weighted by molar-refractivity contribution is -0.0217. The van der Waals surface area contributed by atoms with Crippen molar-refractivity contribution in [2.75, 3.05) is 46.9 Å². The lowest BCUT2D eigenvalue weighted by Gasteiger charge is -2.34. The average Bonchev–Trinajstić information content (AvgIpc) is 2.78. The minimum Gasteiger partial charge on any atom is -0.374 e. The van der Waals surface area contributed by atoms with Gasteiger partial charge in [0.1, 0.15) is 0 Å². The van der Waals surface area contributed by atoms with Crippen LogP contribution in [0.25, 0.3) is 0 Å². The third-order valence-electron chi connectivity index (χ3n) is 4.00. The predicted molar refractivity (Wildman–Crippen MR) is 65.7 cm³/mol. The summed E-state index contributed by atoms with van der Waals surface area (Å²) in [5, 5.41) is 3.41. The van der Waals surface area contributed by atoms with Crippen LogP contribution >= 0.6 is 0 Å². The molecule has 0 spiro atoms. The van der Waals surface area contributed by atoms with E-state index in [4.69, 9.17) is 4.74 Å². The summed E-state index contributed by atoms with van der Waals surface area (Å²) < 4.78 is 5.83. The highest BCUT2D eigenvalue weighted by Crippen LogP contribution is 2.19. The SMILES string of the molecule is CC(C1CNCCO1)N1CCC(N(C)C)C1. The second kappa shape index (κ2) is 5.45. The van der Waals surface area contributed by atoms with Crippen molar-refractivity contribution in [3.8, 4) is 0 Å². The van der Waals surface area contributed by atoms with Crippen molar-refractivity contribution in [3.05, 3.63) is 0 Å². The molecule has 0 amide bonds. The molecule has 2 saturated heterocycles. The summed E-state index contributed by atoms with van der Waals surface area (Å²) >= 11 is 0. The first kappa shape index (κ1) is 12.3. The molecule has 0 aromatic heterocycles. The van der Waals surface area contributed by atoms with E-state index in [9.17, 15) is 0 Å². The summed E-state index contributed by atoms with van der Waals surface area (Å²) in [6, 6.07) is 1.26. The number of morpholine rings is 1. The summed E-state index contributed by atoms with van der Waals surface area (Å²) in [5.74, 6) is 0. The van der Waals surface area contributed by atoms with Crippen molar-refractivity contribution < 1.29 is 4.74 Å². The van der Waals surface area contributed by atoms with Crippen molar-refractivity contribution in [2.45, 2.75) is 31.5 Å². The van der Waals surface area contributed by atoms with Crippen LogP contribution in [0.4, 0.5) is 0 Å². The molecule has 2 rings (SSSR count). The van der Waals surface area contributed by atoms with E-state index in [0.29, 0.717) is 12.1 Å². The first-order valence-electron chi connectivity index (χ1n) is 6.41. The second-order valence-corrected chi connectivity index (χ2v) is 5.26. The molecule has 1 N–H and O–H groups in total. The Kier molecular flexibility index (Phi) is 4.19. The van der Waals surface area contributed by atoms with Crippen LogP contribution in [-0.4, -0.2) is 74.9 Å². The zero-order chi connectivity index (χ0) is 11.5. The highest BCUT2D eigenvalue weighted by Gasteiger charge is 2.32. The van der Waals surface area contributed by atoms with Gasteiger partial charge in [0, 0.05) is 38.3 Å². The molecule has 0 aromatic carbocycles. The Labute approximate surface area is 98.9 Å². The normalized spacial score (nSPS) is 34.5. The van der Waals surface area contributed by atoms with Crippen LogP contribution in [0.2, 0.25) is 0 Å². The zero-order valence-corrected chi connectivity index (χ0v) is 10.8. The van der Waals surface area contributed by atoms with Gasteiger partial charge < -0.3 is 15.0 Å². The number of hydrogen-bond donors (Lipinski definition) is 1. The minimum absolute atomic E-state index is 0.370. The lowest BCUT2D eigenvalue weighted by Crippen LogP contribution is -2.50. The Morgan fingerprint density at radius 3 is 2.81 bits per heavy atom. The maximum atomic E-state index is 5.83. The van der Waals surface area contributed by atoms with E-state index in [-0.39, 0.29) is 0 Å². The molecule has 3 atom stereocenters. The van der Waals surface area contributed by atoms with Crippen LogP contribution in [0, 0.1) is 0 Å². The third-order valence-corrected chi connectivity index (χ3v) is 4.00. The number of likely N-dealkylation sites (tertiary alicyclic amines) is 1. The van der Waals surface area contributed by atoms with E-state index < -0.39 is 0 Å². The fourth-order valence-corrected chi connectivity index (χ4v) is 2.69. The van der Waals surface area contributed by atoms with E-state index >= 15 is 0 Å². The molecule has 0 saturated carbocycles. The van der Waals surface area contributed by atoms with Crippen LogP contribution in [0.1, 0.15) is 13.3 Å². The molecule has 0 radical (unpaired) electrons. The smallest absolute Gasteiger partial charge is 0.0852 e. The van der Waals surface area contributed by atoms with Gasteiger partial charge in [0.15, 0.2) is 0 Å². The number of likely N-dealkylation sites (N-methyl/N-ethyl adjacent to an activating group) is 1. The number of rotatable bonds is 3. The van der Waals surface area contributed by atoms with Crippen LogP contribution in [0.15, 0.2) is 0 Å². The summed E-state index contributed by atoms with van der Waals surface area (Å²) in [5.41, 5.74) is 0. The molecule has 2 aliphatic rings. The minimum atomic E-state index is 0.370. The van der Waals surface area contributed by atoms with Crippen LogP contribution < -0.4 is 5.32 Å². The lowest BCUT2D eigenvalue weighted by atomic mass is 10.1. The predicted octanol–water partition coefficient (Wildman–Crippen LogP) is -0.000800. The van der Waals surface area contributed by atoms with Gasteiger partial charge in [0.2, 0.25) is 0 Å². The third kappa shape index (κ3) is 2.74. The molecule has 0 bridgehead atoms. The van der Waals surface area contributed by atoms with E-state index in [1.807, 2.05) is 0 Å². The van der Waals surface area contributed by atoms with E-state index in [2.05, 4.69) is 36.1 Å². The monoisotopic (exact) mass is 227 g/mol. The Morgan fingerprint density at radius 1 is 1.44 bits per heavy atom. The van der Waals surface area contributed by atoms with Crippen LogP contribution in [0.3, 0.4) is 0 Å². The molecule has 0 aliphatic carbocycles. The number of nitrogens with zero attached hydrogens (tertiary/aromatic N) is 2. The number of ether oxygens (including phenoxy) is 1. The van der Waals surface area contributed by atoms with Gasteiger partial charge in [-0.2, -0.15) is 0 Å². The fraction of sp³-hybridized carbons (Fsp3) is 1.00. The molecule has 4 heteroatoms. The molecule has 0 aromatic rings. The maximum absolute atomic E-state index is 5.83. The quantitative estimate of drug-likeness (QED) is 0.734. The Hall–Kier alpha value is -0.160. The standard InChI is InChI=1S/C12H25N3O/c1-10(12-8-13-5-7-16-12)15-6-4-11(9-15)14(2)3/h10-13H,4-9H2,1-3H3. The first-order valence-corrected chi connectivity index (χ1v) is 6.41. The van der Waals surface area contributed by atoms with Crippen molar-refractivity contribution in [1.82, 2.24) is 15.1 Å². The average molecular weight is 227 g/mol. The van der Waals surface area contributed by atoms with Gasteiger partial charge in [-0.05, 0) is 27.4 Å². The van der Waals surface area contributed by atoms with Gasteiger partial charge in [-0.15, -0.1) is 0 Å². The van der Waals surface area contributed by atoms with Gasteiger partial charge in [-0.1, -0.05) is 0 Å². The van der Waals surface area contributed by atoms with Gasteiger partial charge >= 0.3 is 0 Å². The molecule has 3 unspecified atom stereocenters. The van der Waals surface area contributed by atoms with Crippen molar-refractivity contribution in [2.24, 2.45) is 0 Å². The van der Waals surface area contributed by atoms with Crippen molar-refractivity contribution >= 4 is 0 Å². The van der Waals surface area contributed by atoms with Gasteiger partial charge in [-0.3, -0.25) is 4.90 Å². The summed E-state index contributed by atoms with van der Waals surface area (Å²) in [7, 11) is 4.36. The molecule has 2 aliphatic heterocycles. The number of nitrogens with one attached hydrogen (secondary N) is 1.